The normalized spacial score (nSPS) is 11.2. The molecule has 0 aliphatic carbocycles. The van der Waals surface area contributed by atoms with E-state index in [9.17, 15) is 13.2 Å². The second-order valence-corrected chi connectivity index (χ2v) is 4.93. The number of ether oxygens (including phenoxy) is 1. The summed E-state index contributed by atoms with van der Waals surface area (Å²) in [6, 6.07) is 4.90. The zero-order valence-electron chi connectivity index (χ0n) is 10.4. The molecule has 0 fully saturated rings. The van der Waals surface area contributed by atoms with Gasteiger partial charge in [0.05, 0.1) is 17.2 Å². The molecule has 0 spiro atoms. The number of thiazole rings is 1. The summed E-state index contributed by atoms with van der Waals surface area (Å²) in [6.45, 7) is 1.76. The first-order chi connectivity index (χ1) is 9.40. The minimum atomic E-state index is -4.57. The van der Waals surface area contributed by atoms with Crippen molar-refractivity contribution < 1.29 is 17.9 Å². The van der Waals surface area contributed by atoms with Crippen molar-refractivity contribution in [2.24, 2.45) is 0 Å². The van der Waals surface area contributed by atoms with Crippen LogP contribution < -0.4 is 4.74 Å². The van der Waals surface area contributed by atoms with Gasteiger partial charge in [-0.1, -0.05) is 0 Å². The lowest BCUT2D eigenvalue weighted by atomic mass is 10.1. The van der Waals surface area contributed by atoms with Gasteiger partial charge in [0.2, 0.25) is 0 Å². The minimum Gasteiger partial charge on any atom is -0.486 e. The van der Waals surface area contributed by atoms with Crippen LogP contribution in [-0.4, -0.2) is 4.98 Å². The van der Waals surface area contributed by atoms with Gasteiger partial charge in [0, 0.05) is 11.1 Å². The Morgan fingerprint density at radius 1 is 1.40 bits per heavy atom. The molecule has 1 heterocycles. The van der Waals surface area contributed by atoms with Crippen LogP contribution in [0, 0.1) is 18.3 Å². The highest BCUT2D eigenvalue weighted by atomic mass is 32.1. The predicted octanol–water partition coefficient (Wildman–Crippen LogP) is 3.92. The van der Waals surface area contributed by atoms with Crippen molar-refractivity contribution in [3.05, 3.63) is 45.4 Å². The van der Waals surface area contributed by atoms with E-state index >= 15 is 0 Å². The fourth-order valence-electron chi connectivity index (χ4n) is 1.56. The number of hydrogen-bond acceptors (Lipinski definition) is 4. The molecule has 0 unspecified atom stereocenters. The number of aryl methyl sites for hydroxylation is 1. The van der Waals surface area contributed by atoms with E-state index in [0.717, 1.165) is 17.8 Å². The first-order valence-electron chi connectivity index (χ1n) is 5.55. The van der Waals surface area contributed by atoms with E-state index in [1.807, 2.05) is 0 Å². The van der Waals surface area contributed by atoms with E-state index in [-0.39, 0.29) is 17.9 Å². The number of benzene rings is 1. The van der Waals surface area contributed by atoms with Gasteiger partial charge in [-0.15, -0.1) is 11.3 Å². The summed E-state index contributed by atoms with van der Waals surface area (Å²) in [5.41, 5.74) is -0.218. The standard InChI is InChI=1S/C13H9F3N2OS/c1-8-7-20-12(18-8)6-19-11-3-2-9(5-17)4-10(11)13(14,15)16/h2-4,7H,6H2,1H3. The molecule has 0 aliphatic rings. The molecule has 2 aromatic rings. The fraction of sp³-hybridized carbons (Fsp3) is 0.231. The van der Waals surface area contributed by atoms with Crippen LogP contribution in [-0.2, 0) is 12.8 Å². The molecule has 0 N–H and O–H groups in total. The van der Waals surface area contributed by atoms with Gasteiger partial charge in [0.15, 0.2) is 0 Å². The minimum absolute atomic E-state index is 0.0342. The largest absolute Gasteiger partial charge is 0.486 e. The van der Waals surface area contributed by atoms with Crippen LogP contribution >= 0.6 is 11.3 Å². The molecule has 0 saturated carbocycles. The summed E-state index contributed by atoms with van der Waals surface area (Å²) < 4.78 is 43.9. The van der Waals surface area contributed by atoms with Crippen molar-refractivity contribution in [2.45, 2.75) is 19.7 Å². The average Bonchev–Trinajstić information content (AvgIpc) is 2.81. The van der Waals surface area contributed by atoms with Crippen molar-refractivity contribution in [3.8, 4) is 11.8 Å². The molecular weight excluding hydrogens is 289 g/mol. The number of nitriles is 1. The molecular formula is C13H9F3N2OS. The van der Waals surface area contributed by atoms with Crippen LogP contribution in [0.5, 0.6) is 5.75 Å². The van der Waals surface area contributed by atoms with Crippen LogP contribution in [0.1, 0.15) is 21.8 Å². The predicted molar refractivity (Wildman–Crippen MR) is 67.3 cm³/mol. The molecule has 0 amide bonds. The highest BCUT2D eigenvalue weighted by Crippen LogP contribution is 2.37. The van der Waals surface area contributed by atoms with E-state index in [1.54, 1.807) is 18.4 Å². The van der Waals surface area contributed by atoms with E-state index in [4.69, 9.17) is 10.00 Å². The number of hydrogen-bond donors (Lipinski definition) is 0. The maximum atomic E-state index is 12.9. The molecule has 0 saturated heterocycles. The lowest BCUT2D eigenvalue weighted by Crippen LogP contribution is -2.09. The summed E-state index contributed by atoms with van der Waals surface area (Å²) >= 11 is 1.32. The van der Waals surface area contributed by atoms with Gasteiger partial charge < -0.3 is 4.74 Å². The maximum absolute atomic E-state index is 12.9. The molecule has 20 heavy (non-hydrogen) atoms. The Kier molecular flexibility index (Phi) is 3.95. The van der Waals surface area contributed by atoms with E-state index in [0.29, 0.717) is 5.01 Å². The van der Waals surface area contributed by atoms with E-state index in [1.165, 1.54) is 17.4 Å². The van der Waals surface area contributed by atoms with Gasteiger partial charge in [-0.25, -0.2) is 4.98 Å². The number of aromatic nitrogens is 1. The topological polar surface area (TPSA) is 45.9 Å². The first kappa shape index (κ1) is 14.3. The quantitative estimate of drug-likeness (QED) is 0.862. The second kappa shape index (κ2) is 5.51. The zero-order valence-corrected chi connectivity index (χ0v) is 11.2. The third kappa shape index (κ3) is 3.27. The molecule has 0 bridgehead atoms. The monoisotopic (exact) mass is 298 g/mol. The van der Waals surface area contributed by atoms with Gasteiger partial charge in [0.1, 0.15) is 17.4 Å². The Bertz CT molecular complexity index is 658. The highest BCUT2D eigenvalue weighted by Gasteiger charge is 2.34. The molecule has 3 nitrogen and oxygen atoms in total. The Hall–Kier alpha value is -2.07. The van der Waals surface area contributed by atoms with Crippen molar-refractivity contribution in [1.82, 2.24) is 4.98 Å². The van der Waals surface area contributed by atoms with E-state index in [2.05, 4.69) is 4.98 Å². The van der Waals surface area contributed by atoms with Crippen LogP contribution in [0.25, 0.3) is 0 Å². The maximum Gasteiger partial charge on any atom is 0.420 e. The number of nitrogens with zero attached hydrogens (tertiary/aromatic N) is 2. The Labute approximate surface area is 117 Å². The second-order valence-electron chi connectivity index (χ2n) is 3.99. The summed E-state index contributed by atoms with van der Waals surface area (Å²) in [5.74, 6) is -0.302. The van der Waals surface area contributed by atoms with Crippen LogP contribution in [0.2, 0.25) is 0 Å². The van der Waals surface area contributed by atoms with Crippen LogP contribution in [0.15, 0.2) is 23.6 Å². The van der Waals surface area contributed by atoms with Crippen LogP contribution in [0.3, 0.4) is 0 Å². The number of halogens is 3. The molecule has 104 valence electrons. The first-order valence-corrected chi connectivity index (χ1v) is 6.43. The highest BCUT2D eigenvalue weighted by molar-refractivity contribution is 7.09. The Morgan fingerprint density at radius 2 is 2.15 bits per heavy atom. The van der Waals surface area contributed by atoms with Gasteiger partial charge in [-0.3, -0.25) is 0 Å². The lowest BCUT2D eigenvalue weighted by molar-refractivity contribution is -0.139. The van der Waals surface area contributed by atoms with Crippen molar-refractivity contribution in [1.29, 1.82) is 5.26 Å². The number of alkyl halides is 3. The molecule has 0 radical (unpaired) electrons. The molecule has 1 aromatic carbocycles. The summed E-state index contributed by atoms with van der Waals surface area (Å²) in [5, 5.41) is 11.1. The summed E-state index contributed by atoms with van der Waals surface area (Å²) in [7, 11) is 0. The van der Waals surface area contributed by atoms with Crippen molar-refractivity contribution >= 4 is 11.3 Å². The van der Waals surface area contributed by atoms with Gasteiger partial charge in [0.25, 0.3) is 0 Å². The lowest BCUT2D eigenvalue weighted by Gasteiger charge is -2.13. The summed E-state index contributed by atoms with van der Waals surface area (Å²) in [4.78, 5) is 4.11. The fourth-order valence-corrected chi connectivity index (χ4v) is 2.24. The molecule has 0 aliphatic heterocycles. The molecule has 7 heteroatoms. The molecule has 2 rings (SSSR count). The van der Waals surface area contributed by atoms with Crippen molar-refractivity contribution in [3.63, 3.8) is 0 Å². The van der Waals surface area contributed by atoms with Gasteiger partial charge in [-0.05, 0) is 25.1 Å². The SMILES string of the molecule is Cc1csc(COc2ccc(C#N)cc2C(F)(F)F)n1. The molecule has 0 atom stereocenters. The number of rotatable bonds is 3. The van der Waals surface area contributed by atoms with Gasteiger partial charge >= 0.3 is 6.18 Å². The van der Waals surface area contributed by atoms with E-state index < -0.39 is 11.7 Å². The average molecular weight is 298 g/mol. The third-order valence-corrected chi connectivity index (χ3v) is 3.37. The van der Waals surface area contributed by atoms with Gasteiger partial charge in [-0.2, -0.15) is 18.4 Å². The van der Waals surface area contributed by atoms with Crippen molar-refractivity contribution in [2.75, 3.05) is 0 Å². The molecule has 1 aromatic heterocycles. The third-order valence-electron chi connectivity index (χ3n) is 2.43. The Morgan fingerprint density at radius 3 is 2.70 bits per heavy atom. The van der Waals surface area contributed by atoms with Crippen LogP contribution in [0.4, 0.5) is 13.2 Å². The zero-order chi connectivity index (χ0) is 14.8. The smallest absolute Gasteiger partial charge is 0.420 e. The summed E-state index contributed by atoms with van der Waals surface area (Å²) in [6.07, 6.45) is -4.57. The Balaban J connectivity index is 2.25.